The van der Waals surface area contributed by atoms with Crippen LogP contribution in [0.15, 0.2) is 48.5 Å². The maximum Gasteiger partial charge on any atom is 0.169 e. The zero-order chi connectivity index (χ0) is 22.6. The van der Waals surface area contributed by atoms with Crippen molar-refractivity contribution in [3.05, 3.63) is 59.7 Å². The lowest BCUT2D eigenvalue weighted by Gasteiger charge is -2.30. The van der Waals surface area contributed by atoms with E-state index in [1.807, 2.05) is 31.2 Å². The van der Waals surface area contributed by atoms with E-state index in [4.69, 9.17) is 26.4 Å². The Bertz CT molecular complexity index is 825. The Balaban J connectivity index is 1.62. The first-order valence-electron chi connectivity index (χ1n) is 11.4. The van der Waals surface area contributed by atoms with Gasteiger partial charge in [0.05, 0.1) is 26.9 Å². The van der Waals surface area contributed by atoms with Crippen LogP contribution in [0.5, 0.6) is 11.5 Å². The number of rotatable bonds is 11. The number of benzene rings is 2. The molecular weight excluding hydrogens is 422 g/mol. The second-order valence-electron chi connectivity index (χ2n) is 7.78. The summed E-state index contributed by atoms with van der Waals surface area (Å²) in [4.78, 5) is 4.71. The van der Waals surface area contributed by atoms with E-state index in [2.05, 4.69) is 39.4 Å². The number of hydrogen-bond acceptors (Lipinski definition) is 5. The van der Waals surface area contributed by atoms with Crippen LogP contribution in [0, 0.1) is 0 Å². The van der Waals surface area contributed by atoms with Crippen molar-refractivity contribution in [3.8, 4) is 11.5 Å². The van der Waals surface area contributed by atoms with E-state index in [-0.39, 0.29) is 0 Å². The molecule has 0 atom stereocenters. The molecule has 2 aromatic carbocycles. The maximum absolute atomic E-state index is 5.84. The van der Waals surface area contributed by atoms with Gasteiger partial charge in [0.1, 0.15) is 11.5 Å². The second kappa shape index (κ2) is 13.3. The van der Waals surface area contributed by atoms with Gasteiger partial charge in [0.2, 0.25) is 0 Å². The van der Waals surface area contributed by atoms with E-state index >= 15 is 0 Å². The predicted molar refractivity (Wildman–Crippen MR) is 132 cm³/mol. The van der Waals surface area contributed by atoms with Crippen LogP contribution in [0.1, 0.15) is 24.5 Å². The van der Waals surface area contributed by atoms with E-state index in [1.54, 1.807) is 7.11 Å². The van der Waals surface area contributed by atoms with Gasteiger partial charge < -0.3 is 24.4 Å². The summed E-state index contributed by atoms with van der Waals surface area (Å²) < 4.78 is 16.6. The molecule has 3 rings (SSSR count). The summed E-state index contributed by atoms with van der Waals surface area (Å²) in [6, 6.07) is 16.3. The summed E-state index contributed by atoms with van der Waals surface area (Å²) >= 11 is 5.82. The number of para-hydroxylation sites is 1. The molecule has 0 bridgehead atoms. The fourth-order valence-electron chi connectivity index (χ4n) is 3.73. The highest BCUT2D eigenvalue weighted by Crippen LogP contribution is 2.20. The van der Waals surface area contributed by atoms with Crippen molar-refractivity contribution in [1.29, 1.82) is 0 Å². The van der Waals surface area contributed by atoms with Crippen LogP contribution in [0.3, 0.4) is 0 Å². The molecule has 1 heterocycles. The Labute approximate surface area is 197 Å². The lowest BCUT2D eigenvalue weighted by Crippen LogP contribution is -2.42. The molecule has 2 aromatic rings. The SMILES string of the molecule is CCOc1ccccc1CN(CCCN1CCOCC1)C(=S)NCc1ccc(OC)cc1. The molecule has 174 valence electrons. The number of nitrogens with one attached hydrogen (secondary N) is 1. The highest BCUT2D eigenvalue weighted by atomic mass is 32.1. The first-order valence-corrected chi connectivity index (χ1v) is 11.8. The lowest BCUT2D eigenvalue weighted by molar-refractivity contribution is 0.0367. The van der Waals surface area contributed by atoms with Crippen molar-refractivity contribution in [2.24, 2.45) is 0 Å². The minimum absolute atomic E-state index is 0.647. The van der Waals surface area contributed by atoms with Gasteiger partial charge in [-0.05, 0) is 49.3 Å². The Morgan fingerprint density at radius 2 is 1.88 bits per heavy atom. The third-order valence-corrected chi connectivity index (χ3v) is 5.93. The molecule has 1 aliphatic rings. The van der Waals surface area contributed by atoms with Gasteiger partial charge in [0.15, 0.2) is 5.11 Å². The number of ether oxygens (including phenoxy) is 3. The molecule has 1 N–H and O–H groups in total. The van der Waals surface area contributed by atoms with Crippen LogP contribution in [0.25, 0.3) is 0 Å². The molecule has 0 radical (unpaired) electrons. The highest BCUT2D eigenvalue weighted by Gasteiger charge is 2.15. The maximum atomic E-state index is 5.84. The van der Waals surface area contributed by atoms with Gasteiger partial charge in [0.25, 0.3) is 0 Å². The van der Waals surface area contributed by atoms with Gasteiger partial charge in [-0.1, -0.05) is 30.3 Å². The predicted octanol–water partition coefficient (Wildman–Crippen LogP) is 3.69. The van der Waals surface area contributed by atoms with Crippen molar-refractivity contribution in [2.75, 3.05) is 53.1 Å². The molecular formula is C25H35N3O3S. The summed E-state index contributed by atoms with van der Waals surface area (Å²) in [5.41, 5.74) is 2.31. The van der Waals surface area contributed by atoms with Gasteiger partial charge in [-0.2, -0.15) is 0 Å². The topological polar surface area (TPSA) is 46.2 Å². The molecule has 0 aliphatic carbocycles. The van der Waals surface area contributed by atoms with Gasteiger partial charge in [-0.3, -0.25) is 4.90 Å². The molecule has 32 heavy (non-hydrogen) atoms. The van der Waals surface area contributed by atoms with Crippen molar-refractivity contribution in [2.45, 2.75) is 26.4 Å². The molecule has 0 aromatic heterocycles. The Morgan fingerprint density at radius 3 is 2.59 bits per heavy atom. The normalized spacial score (nSPS) is 14.1. The van der Waals surface area contributed by atoms with Gasteiger partial charge in [0, 0.05) is 44.8 Å². The van der Waals surface area contributed by atoms with E-state index in [0.717, 1.165) is 73.6 Å². The Kier molecular flexibility index (Phi) is 10.1. The molecule has 0 saturated carbocycles. The van der Waals surface area contributed by atoms with Crippen molar-refractivity contribution in [3.63, 3.8) is 0 Å². The standard InChI is InChI=1S/C25H35N3O3S/c1-3-31-24-8-5-4-7-22(24)20-28(14-6-13-27-15-17-30-18-16-27)25(32)26-19-21-9-11-23(29-2)12-10-21/h4-5,7-12H,3,6,13-20H2,1-2H3,(H,26,32). The highest BCUT2D eigenvalue weighted by molar-refractivity contribution is 7.80. The minimum Gasteiger partial charge on any atom is -0.497 e. The number of methoxy groups -OCH3 is 1. The summed E-state index contributed by atoms with van der Waals surface area (Å²) in [5.74, 6) is 1.78. The monoisotopic (exact) mass is 457 g/mol. The number of thiocarbonyl (C=S) groups is 1. The van der Waals surface area contributed by atoms with E-state index in [0.29, 0.717) is 19.7 Å². The third kappa shape index (κ3) is 7.65. The number of hydrogen-bond donors (Lipinski definition) is 1. The quantitative estimate of drug-likeness (QED) is 0.516. The van der Waals surface area contributed by atoms with E-state index in [1.165, 1.54) is 0 Å². The molecule has 1 fully saturated rings. The molecule has 7 heteroatoms. The number of nitrogens with zero attached hydrogens (tertiary/aromatic N) is 2. The first-order chi connectivity index (χ1) is 15.7. The summed E-state index contributed by atoms with van der Waals surface area (Å²) in [5, 5.41) is 4.20. The van der Waals surface area contributed by atoms with E-state index < -0.39 is 0 Å². The minimum atomic E-state index is 0.647. The largest absolute Gasteiger partial charge is 0.497 e. The van der Waals surface area contributed by atoms with Crippen LogP contribution < -0.4 is 14.8 Å². The summed E-state index contributed by atoms with van der Waals surface area (Å²) in [6.45, 7) is 9.65. The zero-order valence-electron chi connectivity index (χ0n) is 19.2. The van der Waals surface area contributed by atoms with Crippen LogP contribution in [0.2, 0.25) is 0 Å². The summed E-state index contributed by atoms with van der Waals surface area (Å²) in [6.07, 6.45) is 1.04. The molecule has 0 spiro atoms. The van der Waals surface area contributed by atoms with Crippen LogP contribution >= 0.6 is 12.2 Å². The summed E-state index contributed by atoms with van der Waals surface area (Å²) in [7, 11) is 1.68. The fourth-order valence-corrected chi connectivity index (χ4v) is 3.96. The Hall–Kier alpha value is -2.35. The van der Waals surface area contributed by atoms with Crippen molar-refractivity contribution >= 4 is 17.3 Å². The second-order valence-corrected chi connectivity index (χ2v) is 8.16. The average Bonchev–Trinajstić information content (AvgIpc) is 2.84. The first kappa shape index (κ1) is 24.3. The van der Waals surface area contributed by atoms with Crippen molar-refractivity contribution < 1.29 is 14.2 Å². The van der Waals surface area contributed by atoms with Gasteiger partial charge in [-0.15, -0.1) is 0 Å². The molecule has 1 aliphatic heterocycles. The molecule has 1 saturated heterocycles. The fraction of sp³-hybridized carbons (Fsp3) is 0.480. The smallest absolute Gasteiger partial charge is 0.169 e. The number of morpholine rings is 1. The molecule has 6 nitrogen and oxygen atoms in total. The molecule has 0 unspecified atom stereocenters. The van der Waals surface area contributed by atoms with Gasteiger partial charge >= 0.3 is 0 Å². The lowest BCUT2D eigenvalue weighted by atomic mass is 10.2. The van der Waals surface area contributed by atoms with Crippen molar-refractivity contribution in [1.82, 2.24) is 15.1 Å². The van der Waals surface area contributed by atoms with Crippen LogP contribution in [-0.2, 0) is 17.8 Å². The molecule has 0 amide bonds. The average molecular weight is 458 g/mol. The third-order valence-electron chi connectivity index (χ3n) is 5.53. The zero-order valence-corrected chi connectivity index (χ0v) is 20.0. The van der Waals surface area contributed by atoms with E-state index in [9.17, 15) is 0 Å². The van der Waals surface area contributed by atoms with Crippen LogP contribution in [-0.4, -0.2) is 68.0 Å². The Morgan fingerprint density at radius 1 is 1.12 bits per heavy atom. The van der Waals surface area contributed by atoms with Gasteiger partial charge in [-0.25, -0.2) is 0 Å². The van der Waals surface area contributed by atoms with Crippen LogP contribution in [0.4, 0.5) is 0 Å².